The fraction of sp³-hybridized carbons (Fsp3) is 0.625. The van der Waals surface area contributed by atoms with Gasteiger partial charge in [0.15, 0.2) is 0 Å². The van der Waals surface area contributed by atoms with Crippen molar-refractivity contribution in [3.63, 3.8) is 0 Å². The molecular formula is C16H24FN. The largest absolute Gasteiger partial charge is 0.310 e. The Balaban J connectivity index is 2.01. The quantitative estimate of drug-likeness (QED) is 0.851. The van der Waals surface area contributed by atoms with Crippen LogP contribution < -0.4 is 5.32 Å². The molecule has 2 heteroatoms. The van der Waals surface area contributed by atoms with Crippen LogP contribution >= 0.6 is 0 Å². The van der Waals surface area contributed by atoms with E-state index in [4.69, 9.17) is 0 Å². The van der Waals surface area contributed by atoms with Gasteiger partial charge in [-0.3, -0.25) is 0 Å². The molecule has 0 heterocycles. The standard InChI is InChI=1S/C16H24FN/c1-11(16(2,3)4)10-18-15-9-8-12-13(15)6-5-7-14(12)17/h5-7,11,15,18H,8-10H2,1-4H3. The fourth-order valence-electron chi connectivity index (χ4n) is 2.45. The second-order valence-corrected chi connectivity index (χ2v) is 6.57. The predicted molar refractivity (Wildman–Crippen MR) is 74.1 cm³/mol. The van der Waals surface area contributed by atoms with E-state index in [2.05, 4.69) is 39.1 Å². The molecule has 0 saturated carbocycles. The van der Waals surface area contributed by atoms with Crippen molar-refractivity contribution >= 4 is 0 Å². The summed E-state index contributed by atoms with van der Waals surface area (Å²) in [7, 11) is 0. The van der Waals surface area contributed by atoms with Gasteiger partial charge >= 0.3 is 0 Å². The molecule has 0 radical (unpaired) electrons. The van der Waals surface area contributed by atoms with Crippen LogP contribution in [0.2, 0.25) is 0 Å². The van der Waals surface area contributed by atoms with E-state index >= 15 is 0 Å². The Morgan fingerprint density at radius 1 is 1.39 bits per heavy atom. The van der Waals surface area contributed by atoms with Crippen LogP contribution in [0.1, 0.15) is 51.3 Å². The van der Waals surface area contributed by atoms with Crippen LogP contribution in [0, 0.1) is 17.2 Å². The summed E-state index contributed by atoms with van der Waals surface area (Å²) in [6, 6.07) is 5.78. The average molecular weight is 249 g/mol. The third-order valence-corrected chi connectivity index (χ3v) is 4.36. The Morgan fingerprint density at radius 3 is 2.78 bits per heavy atom. The molecule has 2 unspecified atom stereocenters. The Labute approximate surface area is 110 Å². The minimum absolute atomic E-state index is 0.0410. The zero-order valence-electron chi connectivity index (χ0n) is 11.9. The summed E-state index contributed by atoms with van der Waals surface area (Å²) in [5.74, 6) is 0.566. The van der Waals surface area contributed by atoms with Crippen LogP contribution in [0.25, 0.3) is 0 Å². The summed E-state index contributed by atoms with van der Waals surface area (Å²) in [5, 5.41) is 3.60. The lowest BCUT2D eigenvalue weighted by atomic mass is 9.82. The molecule has 1 N–H and O–H groups in total. The van der Waals surface area contributed by atoms with E-state index in [0.29, 0.717) is 17.4 Å². The minimum atomic E-state index is -0.0410. The molecule has 0 aliphatic heterocycles. The molecule has 2 atom stereocenters. The van der Waals surface area contributed by atoms with Gasteiger partial charge < -0.3 is 5.32 Å². The molecule has 1 aliphatic rings. The van der Waals surface area contributed by atoms with Gasteiger partial charge in [-0.25, -0.2) is 4.39 Å². The van der Waals surface area contributed by atoms with Crippen molar-refractivity contribution in [2.24, 2.45) is 11.3 Å². The van der Waals surface area contributed by atoms with Gasteiger partial charge in [0, 0.05) is 6.04 Å². The Kier molecular flexibility index (Phi) is 3.76. The first-order valence-corrected chi connectivity index (χ1v) is 6.90. The lowest BCUT2D eigenvalue weighted by Crippen LogP contribution is -2.31. The molecule has 0 saturated heterocycles. The molecule has 0 bridgehead atoms. The summed E-state index contributed by atoms with van der Waals surface area (Å²) in [5.41, 5.74) is 2.39. The van der Waals surface area contributed by atoms with Gasteiger partial charge in [0.25, 0.3) is 0 Å². The maximum Gasteiger partial charge on any atom is 0.126 e. The SMILES string of the molecule is CC(CNC1CCc2c(F)cccc21)C(C)(C)C. The normalized spacial score (nSPS) is 20.8. The second kappa shape index (κ2) is 5.00. The minimum Gasteiger partial charge on any atom is -0.310 e. The fourth-order valence-corrected chi connectivity index (χ4v) is 2.45. The van der Waals surface area contributed by atoms with E-state index in [9.17, 15) is 4.39 Å². The molecular weight excluding hydrogens is 225 g/mol. The van der Waals surface area contributed by atoms with Crippen LogP contribution in [0.15, 0.2) is 18.2 Å². The third-order valence-electron chi connectivity index (χ3n) is 4.36. The van der Waals surface area contributed by atoms with Gasteiger partial charge in [-0.1, -0.05) is 39.8 Å². The van der Waals surface area contributed by atoms with E-state index in [-0.39, 0.29) is 5.82 Å². The van der Waals surface area contributed by atoms with Crippen LogP contribution in [0.3, 0.4) is 0 Å². The molecule has 1 aromatic carbocycles. The molecule has 1 nitrogen and oxygen atoms in total. The van der Waals surface area contributed by atoms with Crippen LogP contribution in [0.5, 0.6) is 0 Å². The monoisotopic (exact) mass is 249 g/mol. The van der Waals surface area contributed by atoms with Gasteiger partial charge in [-0.15, -0.1) is 0 Å². The Morgan fingerprint density at radius 2 is 2.11 bits per heavy atom. The van der Waals surface area contributed by atoms with E-state index < -0.39 is 0 Å². The predicted octanol–water partition coefficient (Wildman–Crippen LogP) is 4.08. The van der Waals surface area contributed by atoms with Crippen LogP contribution in [-0.4, -0.2) is 6.54 Å². The molecule has 0 spiro atoms. The lowest BCUT2D eigenvalue weighted by Gasteiger charge is -2.29. The smallest absolute Gasteiger partial charge is 0.126 e. The molecule has 1 aliphatic carbocycles. The summed E-state index contributed by atoms with van der Waals surface area (Å²) in [6.07, 6.45) is 1.89. The number of nitrogens with one attached hydrogen (secondary N) is 1. The van der Waals surface area contributed by atoms with E-state index in [1.54, 1.807) is 6.07 Å². The molecule has 1 aromatic rings. The zero-order valence-corrected chi connectivity index (χ0v) is 11.9. The van der Waals surface area contributed by atoms with Crippen molar-refractivity contribution in [3.8, 4) is 0 Å². The van der Waals surface area contributed by atoms with Gasteiger partial charge in [-0.05, 0) is 47.9 Å². The number of fused-ring (bicyclic) bond motifs is 1. The number of rotatable bonds is 3. The zero-order chi connectivity index (χ0) is 13.3. The van der Waals surface area contributed by atoms with Crippen molar-refractivity contribution in [1.29, 1.82) is 0 Å². The van der Waals surface area contributed by atoms with Crippen molar-refractivity contribution in [3.05, 3.63) is 35.1 Å². The van der Waals surface area contributed by atoms with Gasteiger partial charge in [-0.2, -0.15) is 0 Å². The van der Waals surface area contributed by atoms with Crippen molar-refractivity contribution in [1.82, 2.24) is 5.32 Å². The van der Waals surface area contributed by atoms with E-state index in [1.807, 2.05) is 6.07 Å². The Bertz CT molecular complexity index is 420. The second-order valence-electron chi connectivity index (χ2n) is 6.57. The molecule has 0 fully saturated rings. The summed E-state index contributed by atoms with van der Waals surface area (Å²) < 4.78 is 13.6. The summed E-state index contributed by atoms with van der Waals surface area (Å²) >= 11 is 0. The highest BCUT2D eigenvalue weighted by molar-refractivity contribution is 5.35. The number of hydrogen-bond acceptors (Lipinski definition) is 1. The summed E-state index contributed by atoms with van der Waals surface area (Å²) in [4.78, 5) is 0. The topological polar surface area (TPSA) is 12.0 Å². The molecule has 18 heavy (non-hydrogen) atoms. The third kappa shape index (κ3) is 2.74. The number of hydrogen-bond donors (Lipinski definition) is 1. The number of benzene rings is 1. The van der Waals surface area contributed by atoms with Gasteiger partial charge in [0.2, 0.25) is 0 Å². The maximum absolute atomic E-state index is 13.6. The first-order chi connectivity index (χ1) is 8.39. The van der Waals surface area contributed by atoms with Gasteiger partial charge in [0.1, 0.15) is 5.82 Å². The first kappa shape index (κ1) is 13.5. The summed E-state index contributed by atoms with van der Waals surface area (Å²) in [6.45, 7) is 10.1. The van der Waals surface area contributed by atoms with Crippen molar-refractivity contribution < 1.29 is 4.39 Å². The van der Waals surface area contributed by atoms with Crippen molar-refractivity contribution in [2.45, 2.75) is 46.6 Å². The van der Waals surface area contributed by atoms with Crippen molar-refractivity contribution in [2.75, 3.05) is 6.54 Å². The Hall–Kier alpha value is -0.890. The van der Waals surface area contributed by atoms with E-state index in [0.717, 1.165) is 30.5 Å². The highest BCUT2D eigenvalue weighted by Gasteiger charge is 2.26. The first-order valence-electron chi connectivity index (χ1n) is 6.90. The van der Waals surface area contributed by atoms with E-state index in [1.165, 1.54) is 0 Å². The van der Waals surface area contributed by atoms with Crippen LogP contribution in [-0.2, 0) is 6.42 Å². The highest BCUT2D eigenvalue weighted by atomic mass is 19.1. The highest BCUT2D eigenvalue weighted by Crippen LogP contribution is 2.33. The number of halogens is 1. The van der Waals surface area contributed by atoms with Crippen LogP contribution in [0.4, 0.5) is 4.39 Å². The molecule has 2 rings (SSSR count). The van der Waals surface area contributed by atoms with Gasteiger partial charge in [0.05, 0.1) is 0 Å². The maximum atomic E-state index is 13.6. The molecule has 100 valence electrons. The average Bonchev–Trinajstić information content (AvgIpc) is 2.69. The lowest BCUT2D eigenvalue weighted by molar-refractivity contribution is 0.245. The molecule has 0 amide bonds. The molecule has 0 aromatic heterocycles.